The number of aliphatic hydroxyl groups excluding tert-OH is 1. The van der Waals surface area contributed by atoms with Crippen molar-refractivity contribution in [3.63, 3.8) is 0 Å². The Morgan fingerprint density at radius 3 is 2.50 bits per heavy atom. The highest BCUT2D eigenvalue weighted by molar-refractivity contribution is 5.97. The number of carbonyl (C=O) groups is 1. The highest BCUT2D eigenvalue weighted by Gasteiger charge is 2.18. The maximum Gasteiger partial charge on any atom is 0.257 e. The van der Waals surface area contributed by atoms with Crippen molar-refractivity contribution >= 4 is 28.1 Å². The van der Waals surface area contributed by atoms with Crippen molar-refractivity contribution in [3.8, 4) is 11.1 Å². The summed E-state index contributed by atoms with van der Waals surface area (Å²) in [5.74, 6) is -0.469. The number of benzene rings is 3. The van der Waals surface area contributed by atoms with Crippen LogP contribution in [0.25, 0.3) is 21.9 Å². The van der Waals surface area contributed by atoms with E-state index in [9.17, 15) is 9.90 Å². The van der Waals surface area contributed by atoms with Gasteiger partial charge in [0, 0.05) is 43.3 Å². The second kappa shape index (κ2) is 8.35. The minimum atomic E-state index is -1.26. The summed E-state index contributed by atoms with van der Waals surface area (Å²) in [6.45, 7) is 0. The Labute approximate surface area is 175 Å². The molecule has 0 fully saturated rings. The van der Waals surface area contributed by atoms with Gasteiger partial charge in [-0.15, -0.1) is 0 Å². The summed E-state index contributed by atoms with van der Waals surface area (Å²) in [6, 6.07) is 23.0. The van der Waals surface area contributed by atoms with Crippen molar-refractivity contribution in [2.75, 3.05) is 24.3 Å². The number of nitrogens with zero attached hydrogens (tertiary/aromatic N) is 2. The van der Waals surface area contributed by atoms with Crippen molar-refractivity contribution in [1.29, 1.82) is 0 Å². The number of aliphatic hydroxyl groups is 1. The lowest BCUT2D eigenvalue weighted by Crippen LogP contribution is -2.20. The zero-order valence-electron chi connectivity index (χ0n) is 16.9. The van der Waals surface area contributed by atoms with Gasteiger partial charge in [-0.1, -0.05) is 36.4 Å². The normalized spacial score (nSPS) is 11.8. The van der Waals surface area contributed by atoms with Crippen LogP contribution >= 0.6 is 0 Å². The summed E-state index contributed by atoms with van der Waals surface area (Å²) < 4.78 is 0. The first kappa shape index (κ1) is 19.6. The fraction of sp³-hybridized carbons (Fsp3) is 0.120. The number of fused-ring (bicyclic) bond motifs is 1. The van der Waals surface area contributed by atoms with E-state index in [4.69, 9.17) is 0 Å². The van der Waals surface area contributed by atoms with Gasteiger partial charge < -0.3 is 15.3 Å². The standard InChI is InChI=1S/C25H23N3O2/c1-28(2)23-10-7-17(8-11-23)18-4-3-5-20(14-18)24(29)25(30)27-22-9-6-21-16-26-13-12-19(21)15-22/h3-16,24,29H,1-2H3,(H,27,30). The third-order valence-corrected chi connectivity index (χ3v) is 5.08. The lowest BCUT2D eigenvalue weighted by atomic mass is 10.00. The molecule has 0 radical (unpaired) electrons. The molecule has 5 heteroatoms. The summed E-state index contributed by atoms with van der Waals surface area (Å²) in [4.78, 5) is 18.8. The van der Waals surface area contributed by atoms with Crippen LogP contribution in [0.4, 0.5) is 11.4 Å². The highest BCUT2D eigenvalue weighted by atomic mass is 16.3. The van der Waals surface area contributed by atoms with E-state index >= 15 is 0 Å². The van der Waals surface area contributed by atoms with Crippen molar-refractivity contribution in [3.05, 3.63) is 90.8 Å². The van der Waals surface area contributed by atoms with Gasteiger partial charge in [-0.05, 0) is 58.5 Å². The number of nitrogens with one attached hydrogen (secondary N) is 1. The molecule has 4 rings (SSSR count). The van der Waals surface area contributed by atoms with Crippen LogP contribution in [0.5, 0.6) is 0 Å². The average molecular weight is 397 g/mol. The molecule has 1 aromatic heterocycles. The number of anilines is 2. The zero-order chi connectivity index (χ0) is 21.1. The molecule has 0 saturated heterocycles. The smallest absolute Gasteiger partial charge is 0.257 e. The number of aromatic nitrogens is 1. The van der Waals surface area contributed by atoms with Crippen LogP contribution in [0.1, 0.15) is 11.7 Å². The molecule has 30 heavy (non-hydrogen) atoms. The molecule has 4 aromatic rings. The molecule has 0 bridgehead atoms. The van der Waals surface area contributed by atoms with Gasteiger partial charge in [0.1, 0.15) is 0 Å². The Hall–Kier alpha value is -3.70. The van der Waals surface area contributed by atoms with E-state index in [-0.39, 0.29) is 0 Å². The third-order valence-electron chi connectivity index (χ3n) is 5.08. The minimum Gasteiger partial charge on any atom is -0.378 e. The van der Waals surface area contributed by atoms with Crippen molar-refractivity contribution in [2.45, 2.75) is 6.10 Å². The maximum absolute atomic E-state index is 12.6. The molecular formula is C25H23N3O2. The van der Waals surface area contributed by atoms with Gasteiger partial charge in [0.05, 0.1) is 0 Å². The number of carbonyl (C=O) groups excluding carboxylic acids is 1. The lowest BCUT2D eigenvalue weighted by molar-refractivity contribution is -0.124. The second-order valence-electron chi connectivity index (χ2n) is 7.40. The fourth-order valence-electron chi connectivity index (χ4n) is 3.36. The van der Waals surface area contributed by atoms with Crippen LogP contribution in [-0.2, 0) is 4.79 Å². The van der Waals surface area contributed by atoms with Crippen LogP contribution in [0.2, 0.25) is 0 Å². The summed E-state index contributed by atoms with van der Waals surface area (Å²) in [6.07, 6.45) is 2.21. The van der Waals surface area contributed by atoms with Crippen LogP contribution in [-0.4, -0.2) is 30.1 Å². The Morgan fingerprint density at radius 2 is 1.73 bits per heavy atom. The number of pyridine rings is 1. The Balaban J connectivity index is 1.52. The van der Waals surface area contributed by atoms with E-state index in [0.717, 1.165) is 27.6 Å². The molecule has 0 aliphatic rings. The number of hydrogen-bond donors (Lipinski definition) is 2. The molecule has 150 valence electrons. The molecule has 0 aliphatic carbocycles. The number of amides is 1. The van der Waals surface area contributed by atoms with Crippen LogP contribution in [0.15, 0.2) is 85.2 Å². The average Bonchev–Trinajstić information content (AvgIpc) is 2.78. The molecule has 5 nitrogen and oxygen atoms in total. The van der Waals surface area contributed by atoms with E-state index < -0.39 is 12.0 Å². The van der Waals surface area contributed by atoms with Crippen LogP contribution < -0.4 is 10.2 Å². The molecule has 1 unspecified atom stereocenters. The zero-order valence-corrected chi connectivity index (χ0v) is 16.9. The first-order valence-corrected chi connectivity index (χ1v) is 9.72. The molecule has 0 spiro atoms. The minimum absolute atomic E-state index is 0.469. The molecule has 1 amide bonds. The van der Waals surface area contributed by atoms with Crippen molar-refractivity contribution < 1.29 is 9.90 Å². The highest BCUT2D eigenvalue weighted by Crippen LogP contribution is 2.26. The van der Waals surface area contributed by atoms with Gasteiger partial charge in [0.25, 0.3) is 5.91 Å². The summed E-state index contributed by atoms with van der Waals surface area (Å²) >= 11 is 0. The van der Waals surface area contributed by atoms with Gasteiger partial charge in [0.15, 0.2) is 6.10 Å². The molecule has 0 aliphatic heterocycles. The SMILES string of the molecule is CN(C)c1ccc(-c2cccc(C(O)C(=O)Nc3ccc4cnccc4c3)c2)cc1. The van der Waals surface area contributed by atoms with Crippen LogP contribution in [0, 0.1) is 0 Å². The van der Waals surface area contributed by atoms with Crippen LogP contribution in [0.3, 0.4) is 0 Å². The Kier molecular flexibility index (Phi) is 5.46. The van der Waals surface area contributed by atoms with Crippen molar-refractivity contribution in [1.82, 2.24) is 4.98 Å². The molecule has 1 heterocycles. The Morgan fingerprint density at radius 1 is 0.933 bits per heavy atom. The monoisotopic (exact) mass is 397 g/mol. The van der Waals surface area contributed by atoms with Gasteiger partial charge in [-0.2, -0.15) is 0 Å². The predicted molar refractivity (Wildman–Crippen MR) is 122 cm³/mol. The molecular weight excluding hydrogens is 374 g/mol. The first-order chi connectivity index (χ1) is 14.5. The summed E-state index contributed by atoms with van der Waals surface area (Å²) in [5.41, 5.74) is 4.27. The van der Waals surface area contributed by atoms with E-state index in [1.807, 2.05) is 79.7 Å². The molecule has 1 atom stereocenters. The first-order valence-electron chi connectivity index (χ1n) is 9.72. The third kappa shape index (κ3) is 4.16. The predicted octanol–water partition coefficient (Wildman–Crippen LogP) is 4.64. The molecule has 0 saturated carbocycles. The number of hydrogen-bond acceptors (Lipinski definition) is 4. The van der Waals surface area contributed by atoms with Gasteiger partial charge in [-0.3, -0.25) is 9.78 Å². The second-order valence-corrected chi connectivity index (χ2v) is 7.40. The quantitative estimate of drug-likeness (QED) is 0.515. The molecule has 2 N–H and O–H groups in total. The van der Waals surface area contributed by atoms with Gasteiger partial charge in [0.2, 0.25) is 0 Å². The largest absolute Gasteiger partial charge is 0.378 e. The van der Waals surface area contributed by atoms with E-state index in [1.165, 1.54) is 0 Å². The topological polar surface area (TPSA) is 65.5 Å². The maximum atomic E-state index is 12.6. The van der Waals surface area contributed by atoms with Gasteiger partial charge >= 0.3 is 0 Å². The van der Waals surface area contributed by atoms with E-state index in [2.05, 4.69) is 10.3 Å². The molecule has 3 aromatic carbocycles. The summed E-state index contributed by atoms with van der Waals surface area (Å²) in [7, 11) is 3.99. The lowest BCUT2D eigenvalue weighted by Gasteiger charge is -2.15. The fourth-order valence-corrected chi connectivity index (χ4v) is 3.36. The summed E-state index contributed by atoms with van der Waals surface area (Å²) in [5, 5.41) is 15.4. The van der Waals surface area contributed by atoms with Gasteiger partial charge in [-0.25, -0.2) is 0 Å². The Bertz CT molecular complexity index is 1190. The van der Waals surface area contributed by atoms with Crippen molar-refractivity contribution in [2.24, 2.45) is 0 Å². The van der Waals surface area contributed by atoms with E-state index in [0.29, 0.717) is 11.3 Å². The van der Waals surface area contributed by atoms with E-state index in [1.54, 1.807) is 24.5 Å². The number of rotatable bonds is 5.